The van der Waals surface area contributed by atoms with Crippen LogP contribution in [0.3, 0.4) is 0 Å². The van der Waals surface area contributed by atoms with Gasteiger partial charge in [0.25, 0.3) is 0 Å². The summed E-state index contributed by atoms with van der Waals surface area (Å²) in [6, 6.07) is 12.4. The second-order valence-corrected chi connectivity index (χ2v) is 6.44. The van der Waals surface area contributed by atoms with Crippen LogP contribution in [0, 0.1) is 12.8 Å². The lowest BCUT2D eigenvalue weighted by molar-refractivity contribution is 0.0971. The molecule has 0 heterocycles. The number of hydrogen-bond acceptors (Lipinski definition) is 1. The molecule has 1 saturated carbocycles. The van der Waals surface area contributed by atoms with E-state index in [9.17, 15) is 4.79 Å². The van der Waals surface area contributed by atoms with E-state index in [-0.39, 0.29) is 0 Å². The van der Waals surface area contributed by atoms with E-state index in [1.165, 1.54) is 37.5 Å². The molecule has 2 aromatic carbocycles. The predicted molar refractivity (Wildman–Crippen MR) is 88.8 cm³/mol. The fourth-order valence-electron chi connectivity index (χ4n) is 3.69. The van der Waals surface area contributed by atoms with E-state index >= 15 is 0 Å². The Morgan fingerprint density at radius 2 is 1.81 bits per heavy atom. The van der Waals surface area contributed by atoms with Crippen molar-refractivity contribution < 1.29 is 4.79 Å². The number of carbonyl (C=O) groups excluding carboxylic acids is 1. The molecule has 1 heteroatoms. The fourth-order valence-corrected chi connectivity index (χ4v) is 3.69. The monoisotopic (exact) mass is 280 g/mol. The molecule has 0 unspecified atom stereocenters. The Morgan fingerprint density at radius 1 is 1.05 bits per heavy atom. The van der Waals surface area contributed by atoms with Gasteiger partial charge in [-0.3, -0.25) is 4.79 Å². The Bertz CT molecular complexity index is 635. The molecule has 3 rings (SSSR count). The van der Waals surface area contributed by atoms with Crippen LogP contribution in [0.1, 0.15) is 60.9 Å². The molecule has 0 aliphatic heterocycles. The first kappa shape index (κ1) is 14.3. The number of Topliss-reactive ketones (excluding diaryl/α,β-unsaturated/α-hetero) is 1. The standard InChI is InChI=1S/C20H24O/c1-15-11-13-17-9-5-6-10-18(17)20(15)19(21)14-12-16-7-3-2-4-8-16/h5-6,9-11,13,16H,2-4,7-8,12,14H2,1H3. The molecule has 21 heavy (non-hydrogen) atoms. The van der Waals surface area contributed by atoms with Crippen LogP contribution in [0.5, 0.6) is 0 Å². The Hall–Kier alpha value is -1.63. The number of carbonyl (C=O) groups is 1. The molecule has 1 nitrogen and oxygen atoms in total. The van der Waals surface area contributed by atoms with Gasteiger partial charge in [-0.25, -0.2) is 0 Å². The first-order valence-corrected chi connectivity index (χ1v) is 8.27. The van der Waals surface area contributed by atoms with Crippen molar-refractivity contribution in [1.82, 2.24) is 0 Å². The summed E-state index contributed by atoms with van der Waals surface area (Å²) in [5.74, 6) is 1.10. The third-order valence-corrected chi connectivity index (χ3v) is 4.92. The van der Waals surface area contributed by atoms with Crippen LogP contribution in [0.2, 0.25) is 0 Å². The van der Waals surface area contributed by atoms with E-state index in [4.69, 9.17) is 0 Å². The summed E-state index contributed by atoms with van der Waals surface area (Å²) in [5, 5.41) is 2.29. The molecule has 0 spiro atoms. The second kappa shape index (κ2) is 6.43. The van der Waals surface area contributed by atoms with E-state index in [0.717, 1.165) is 28.9 Å². The minimum Gasteiger partial charge on any atom is -0.294 e. The lowest BCUT2D eigenvalue weighted by Gasteiger charge is -2.21. The average Bonchev–Trinajstić information content (AvgIpc) is 2.53. The van der Waals surface area contributed by atoms with E-state index in [2.05, 4.69) is 31.2 Å². The summed E-state index contributed by atoms with van der Waals surface area (Å²) < 4.78 is 0. The highest BCUT2D eigenvalue weighted by atomic mass is 16.1. The predicted octanol–water partition coefficient (Wildman–Crippen LogP) is 5.69. The maximum Gasteiger partial charge on any atom is 0.163 e. The number of aryl methyl sites for hydroxylation is 1. The molecular formula is C20H24O. The Labute approximate surface area is 127 Å². The van der Waals surface area contributed by atoms with E-state index in [0.29, 0.717) is 12.2 Å². The van der Waals surface area contributed by atoms with Crippen LogP contribution < -0.4 is 0 Å². The topological polar surface area (TPSA) is 17.1 Å². The first-order chi connectivity index (χ1) is 10.3. The van der Waals surface area contributed by atoms with Gasteiger partial charge in [0.2, 0.25) is 0 Å². The van der Waals surface area contributed by atoms with Gasteiger partial charge in [-0.2, -0.15) is 0 Å². The number of hydrogen-bond donors (Lipinski definition) is 0. The third-order valence-electron chi connectivity index (χ3n) is 4.92. The van der Waals surface area contributed by atoms with Crippen molar-refractivity contribution >= 4 is 16.6 Å². The van der Waals surface area contributed by atoms with Gasteiger partial charge in [-0.15, -0.1) is 0 Å². The molecule has 2 aromatic rings. The molecular weight excluding hydrogens is 256 g/mol. The summed E-state index contributed by atoms with van der Waals surface area (Å²) in [6.45, 7) is 2.06. The van der Waals surface area contributed by atoms with Gasteiger partial charge < -0.3 is 0 Å². The van der Waals surface area contributed by atoms with Gasteiger partial charge in [-0.1, -0.05) is 68.5 Å². The SMILES string of the molecule is Cc1ccc2ccccc2c1C(=O)CCC1CCCCC1. The van der Waals surface area contributed by atoms with Crippen molar-refractivity contribution in [2.75, 3.05) is 0 Å². The summed E-state index contributed by atoms with van der Waals surface area (Å²) in [5.41, 5.74) is 2.06. The Morgan fingerprint density at radius 3 is 2.62 bits per heavy atom. The molecule has 1 aliphatic carbocycles. The van der Waals surface area contributed by atoms with Gasteiger partial charge >= 0.3 is 0 Å². The minimum atomic E-state index is 0.329. The Balaban J connectivity index is 1.79. The molecule has 0 amide bonds. The highest BCUT2D eigenvalue weighted by Gasteiger charge is 2.17. The Kier molecular flexibility index (Phi) is 4.38. The largest absolute Gasteiger partial charge is 0.294 e. The molecule has 1 fully saturated rings. The molecule has 110 valence electrons. The van der Waals surface area contributed by atoms with Gasteiger partial charge in [0, 0.05) is 12.0 Å². The van der Waals surface area contributed by atoms with Gasteiger partial charge in [0.1, 0.15) is 0 Å². The zero-order valence-electron chi connectivity index (χ0n) is 12.9. The normalized spacial score (nSPS) is 16.2. The van der Waals surface area contributed by atoms with Crippen LogP contribution in [0.15, 0.2) is 36.4 Å². The summed E-state index contributed by atoms with van der Waals surface area (Å²) in [7, 11) is 0. The van der Waals surface area contributed by atoms with Crippen molar-refractivity contribution in [2.45, 2.75) is 51.9 Å². The van der Waals surface area contributed by atoms with Crippen LogP contribution in [0.25, 0.3) is 10.8 Å². The number of fused-ring (bicyclic) bond motifs is 1. The van der Waals surface area contributed by atoms with E-state index in [1.807, 2.05) is 12.1 Å². The lowest BCUT2D eigenvalue weighted by atomic mass is 9.84. The van der Waals surface area contributed by atoms with E-state index in [1.54, 1.807) is 0 Å². The molecule has 0 bridgehead atoms. The van der Waals surface area contributed by atoms with Crippen molar-refractivity contribution in [2.24, 2.45) is 5.92 Å². The zero-order valence-corrected chi connectivity index (χ0v) is 12.9. The fraction of sp³-hybridized carbons (Fsp3) is 0.450. The van der Waals surface area contributed by atoms with Crippen molar-refractivity contribution in [3.05, 3.63) is 47.5 Å². The number of ketones is 1. The van der Waals surface area contributed by atoms with Crippen molar-refractivity contribution in [3.8, 4) is 0 Å². The number of rotatable bonds is 4. The highest BCUT2D eigenvalue weighted by molar-refractivity contribution is 6.09. The van der Waals surface area contributed by atoms with Crippen LogP contribution in [0.4, 0.5) is 0 Å². The second-order valence-electron chi connectivity index (χ2n) is 6.44. The molecule has 0 atom stereocenters. The zero-order chi connectivity index (χ0) is 14.7. The average molecular weight is 280 g/mol. The summed E-state index contributed by atoms with van der Waals surface area (Å²) in [4.78, 5) is 12.7. The minimum absolute atomic E-state index is 0.329. The molecule has 1 aliphatic rings. The molecule has 0 N–H and O–H groups in total. The summed E-state index contributed by atoms with van der Waals surface area (Å²) in [6.07, 6.45) is 8.51. The van der Waals surface area contributed by atoms with Crippen molar-refractivity contribution in [1.29, 1.82) is 0 Å². The van der Waals surface area contributed by atoms with Crippen LogP contribution in [-0.4, -0.2) is 5.78 Å². The maximum absolute atomic E-state index is 12.7. The maximum atomic E-state index is 12.7. The van der Waals surface area contributed by atoms with Crippen LogP contribution >= 0.6 is 0 Å². The third kappa shape index (κ3) is 3.18. The smallest absolute Gasteiger partial charge is 0.163 e. The first-order valence-electron chi connectivity index (χ1n) is 8.27. The van der Waals surface area contributed by atoms with Crippen molar-refractivity contribution in [3.63, 3.8) is 0 Å². The van der Waals surface area contributed by atoms with Gasteiger partial charge in [0.15, 0.2) is 5.78 Å². The molecule has 0 radical (unpaired) electrons. The summed E-state index contributed by atoms with van der Waals surface area (Å²) >= 11 is 0. The highest BCUT2D eigenvalue weighted by Crippen LogP contribution is 2.29. The quantitative estimate of drug-likeness (QED) is 0.657. The van der Waals surface area contributed by atoms with Gasteiger partial charge in [0.05, 0.1) is 0 Å². The lowest BCUT2D eigenvalue weighted by Crippen LogP contribution is -2.10. The number of benzene rings is 2. The van der Waals surface area contributed by atoms with Gasteiger partial charge in [-0.05, 0) is 35.6 Å². The van der Waals surface area contributed by atoms with Crippen LogP contribution in [-0.2, 0) is 0 Å². The van der Waals surface area contributed by atoms with E-state index < -0.39 is 0 Å². The molecule has 0 saturated heterocycles. The molecule has 0 aromatic heterocycles.